The summed E-state index contributed by atoms with van der Waals surface area (Å²) < 4.78 is 12.2. The molecule has 5 heteroatoms. The number of anilines is 1. The summed E-state index contributed by atoms with van der Waals surface area (Å²) >= 11 is 0. The van der Waals surface area contributed by atoms with Gasteiger partial charge in [-0.25, -0.2) is 0 Å². The van der Waals surface area contributed by atoms with Gasteiger partial charge in [0.15, 0.2) is 0 Å². The lowest BCUT2D eigenvalue weighted by Gasteiger charge is -2.32. The van der Waals surface area contributed by atoms with E-state index in [0.717, 1.165) is 16.7 Å². The maximum atomic E-state index is 6.35. The number of pyridine rings is 1. The Morgan fingerprint density at radius 1 is 1.15 bits per heavy atom. The molecule has 1 aliphatic heterocycles. The van der Waals surface area contributed by atoms with Crippen LogP contribution < -0.4 is 11.2 Å². The third kappa shape index (κ3) is 2.04. The molecule has 1 saturated heterocycles. The summed E-state index contributed by atoms with van der Waals surface area (Å²) in [5.41, 5.74) is 8.47. The molecule has 1 aromatic rings. The van der Waals surface area contributed by atoms with Gasteiger partial charge in [-0.05, 0) is 52.0 Å². The Morgan fingerprint density at radius 2 is 1.75 bits per heavy atom. The van der Waals surface area contributed by atoms with Crippen LogP contribution >= 0.6 is 0 Å². The lowest BCUT2D eigenvalue weighted by Crippen LogP contribution is -2.41. The SMILES string of the molecule is CC1(C)OB(c2cncc(C3CCC3)c2N)OC1(C)C. The molecule has 2 heterocycles. The minimum atomic E-state index is -0.424. The van der Waals surface area contributed by atoms with E-state index < -0.39 is 7.12 Å². The van der Waals surface area contributed by atoms with Crippen molar-refractivity contribution in [2.75, 3.05) is 5.73 Å². The first kappa shape index (κ1) is 13.9. The largest absolute Gasteiger partial charge is 0.498 e. The molecule has 0 atom stereocenters. The van der Waals surface area contributed by atoms with Gasteiger partial charge in [-0.1, -0.05) is 6.42 Å². The first-order chi connectivity index (χ1) is 9.32. The lowest BCUT2D eigenvalue weighted by atomic mass is 9.74. The molecule has 20 heavy (non-hydrogen) atoms. The van der Waals surface area contributed by atoms with Crippen molar-refractivity contribution in [3.63, 3.8) is 0 Å². The molecular weight excluding hydrogens is 251 g/mol. The smallest absolute Gasteiger partial charge is 0.399 e. The van der Waals surface area contributed by atoms with Gasteiger partial charge in [0, 0.05) is 23.5 Å². The van der Waals surface area contributed by atoms with E-state index in [-0.39, 0.29) is 11.2 Å². The number of aromatic nitrogens is 1. The van der Waals surface area contributed by atoms with E-state index >= 15 is 0 Å². The van der Waals surface area contributed by atoms with Crippen molar-refractivity contribution in [1.82, 2.24) is 4.98 Å². The summed E-state index contributed by atoms with van der Waals surface area (Å²) in [4.78, 5) is 4.35. The van der Waals surface area contributed by atoms with Gasteiger partial charge in [0.25, 0.3) is 0 Å². The molecule has 2 fully saturated rings. The zero-order valence-corrected chi connectivity index (χ0v) is 12.8. The molecule has 0 radical (unpaired) electrons. The summed E-state index contributed by atoms with van der Waals surface area (Å²) in [5, 5.41) is 0. The minimum absolute atomic E-state index is 0.351. The van der Waals surface area contributed by atoms with Crippen molar-refractivity contribution in [2.45, 2.75) is 64.1 Å². The fourth-order valence-corrected chi connectivity index (χ4v) is 2.71. The van der Waals surface area contributed by atoms with Crippen LogP contribution in [0.15, 0.2) is 12.4 Å². The quantitative estimate of drug-likeness (QED) is 0.840. The third-order valence-corrected chi connectivity index (χ3v) is 5.10. The van der Waals surface area contributed by atoms with E-state index in [1.807, 2.05) is 33.9 Å². The normalized spacial score (nSPS) is 24.7. The van der Waals surface area contributed by atoms with Crippen LogP contribution in [0.25, 0.3) is 0 Å². The van der Waals surface area contributed by atoms with E-state index in [1.54, 1.807) is 6.20 Å². The molecule has 108 valence electrons. The molecule has 2 aliphatic rings. The van der Waals surface area contributed by atoms with Gasteiger partial charge in [0.2, 0.25) is 0 Å². The topological polar surface area (TPSA) is 57.4 Å². The molecule has 0 bridgehead atoms. The third-order valence-electron chi connectivity index (χ3n) is 5.10. The maximum Gasteiger partial charge on any atom is 0.498 e. The monoisotopic (exact) mass is 274 g/mol. The van der Waals surface area contributed by atoms with E-state index in [1.165, 1.54) is 19.3 Å². The molecule has 0 aromatic carbocycles. The van der Waals surface area contributed by atoms with Gasteiger partial charge in [-0.15, -0.1) is 0 Å². The average Bonchev–Trinajstić information content (AvgIpc) is 2.48. The van der Waals surface area contributed by atoms with Gasteiger partial charge in [0.1, 0.15) is 0 Å². The first-order valence-corrected chi connectivity index (χ1v) is 7.41. The van der Waals surface area contributed by atoms with Crippen LogP contribution in [0.4, 0.5) is 5.69 Å². The number of nitrogen functional groups attached to an aromatic ring is 1. The predicted molar refractivity (Wildman–Crippen MR) is 81.0 cm³/mol. The van der Waals surface area contributed by atoms with Crippen molar-refractivity contribution >= 4 is 18.3 Å². The molecule has 0 spiro atoms. The van der Waals surface area contributed by atoms with Crippen molar-refractivity contribution in [1.29, 1.82) is 0 Å². The Kier molecular flexibility index (Phi) is 3.10. The Balaban J connectivity index is 1.92. The average molecular weight is 274 g/mol. The van der Waals surface area contributed by atoms with Crippen molar-refractivity contribution in [3.05, 3.63) is 18.0 Å². The Morgan fingerprint density at radius 3 is 2.25 bits per heavy atom. The number of nitrogens with zero attached hydrogens (tertiary/aromatic N) is 1. The molecule has 2 N–H and O–H groups in total. The molecule has 1 aliphatic carbocycles. The van der Waals surface area contributed by atoms with Gasteiger partial charge in [-0.2, -0.15) is 0 Å². The fraction of sp³-hybridized carbons (Fsp3) is 0.667. The molecule has 1 aromatic heterocycles. The van der Waals surface area contributed by atoms with Crippen LogP contribution in [0.1, 0.15) is 58.4 Å². The molecule has 3 rings (SSSR count). The summed E-state index contributed by atoms with van der Waals surface area (Å²) in [7, 11) is -0.424. The highest BCUT2D eigenvalue weighted by atomic mass is 16.7. The second-order valence-corrected chi connectivity index (χ2v) is 6.95. The number of hydrogen-bond donors (Lipinski definition) is 1. The van der Waals surface area contributed by atoms with E-state index in [0.29, 0.717) is 5.92 Å². The second kappa shape index (κ2) is 4.47. The molecule has 0 unspecified atom stereocenters. The highest BCUT2D eigenvalue weighted by Gasteiger charge is 2.52. The van der Waals surface area contributed by atoms with Crippen LogP contribution in [0.5, 0.6) is 0 Å². The zero-order valence-electron chi connectivity index (χ0n) is 12.8. The number of nitrogens with two attached hydrogens (primary N) is 1. The van der Waals surface area contributed by atoms with Crippen LogP contribution in [0, 0.1) is 0 Å². The Labute approximate surface area is 121 Å². The van der Waals surface area contributed by atoms with Crippen molar-refractivity contribution in [2.24, 2.45) is 0 Å². The van der Waals surface area contributed by atoms with Crippen molar-refractivity contribution < 1.29 is 9.31 Å². The van der Waals surface area contributed by atoms with Crippen LogP contribution in [0.3, 0.4) is 0 Å². The van der Waals surface area contributed by atoms with E-state index in [9.17, 15) is 0 Å². The number of hydrogen-bond acceptors (Lipinski definition) is 4. The maximum absolute atomic E-state index is 6.35. The molecule has 0 amide bonds. The molecular formula is C15H23BN2O2. The number of rotatable bonds is 2. The van der Waals surface area contributed by atoms with Gasteiger partial charge in [-0.3, -0.25) is 4.98 Å². The van der Waals surface area contributed by atoms with Gasteiger partial charge < -0.3 is 15.0 Å². The van der Waals surface area contributed by atoms with Gasteiger partial charge >= 0.3 is 7.12 Å². The summed E-state index contributed by atoms with van der Waals surface area (Å²) in [5.74, 6) is 0.560. The predicted octanol–water partition coefficient (Wildman–Crippen LogP) is 2.23. The fourth-order valence-electron chi connectivity index (χ4n) is 2.71. The van der Waals surface area contributed by atoms with Crippen LogP contribution in [0.2, 0.25) is 0 Å². The van der Waals surface area contributed by atoms with E-state index in [4.69, 9.17) is 15.0 Å². The van der Waals surface area contributed by atoms with Crippen LogP contribution in [-0.4, -0.2) is 23.3 Å². The molecule has 1 saturated carbocycles. The summed E-state index contributed by atoms with van der Waals surface area (Å²) in [6.07, 6.45) is 7.37. The lowest BCUT2D eigenvalue weighted by molar-refractivity contribution is 0.00578. The zero-order chi connectivity index (χ0) is 14.5. The summed E-state index contributed by atoms with van der Waals surface area (Å²) in [6, 6.07) is 0. The first-order valence-electron chi connectivity index (χ1n) is 7.41. The highest BCUT2D eigenvalue weighted by Crippen LogP contribution is 2.40. The van der Waals surface area contributed by atoms with Gasteiger partial charge in [0.05, 0.1) is 11.2 Å². The second-order valence-electron chi connectivity index (χ2n) is 6.95. The van der Waals surface area contributed by atoms with Crippen molar-refractivity contribution in [3.8, 4) is 0 Å². The highest BCUT2D eigenvalue weighted by molar-refractivity contribution is 6.63. The minimum Gasteiger partial charge on any atom is -0.399 e. The molecule has 4 nitrogen and oxygen atoms in total. The van der Waals surface area contributed by atoms with E-state index in [2.05, 4.69) is 4.98 Å². The Bertz CT molecular complexity index is 511. The van der Waals surface area contributed by atoms with Crippen LogP contribution in [-0.2, 0) is 9.31 Å². The standard InChI is InChI=1S/C15H23BN2O2/c1-14(2)15(3,4)20-16(19-14)12-9-18-8-11(13(12)17)10-6-5-7-10/h8-10H,5-7H2,1-4H3,(H2,17,18). The summed E-state index contributed by atoms with van der Waals surface area (Å²) in [6.45, 7) is 8.19. The Hall–Kier alpha value is -1.07.